The fourth-order valence-electron chi connectivity index (χ4n) is 2.44. The quantitative estimate of drug-likeness (QED) is 0.282. The largest absolute Gasteiger partial charge is 0.424 e. The van der Waals surface area contributed by atoms with Gasteiger partial charge in [0.25, 0.3) is 17.5 Å². The molecule has 2 amide bonds. The molecule has 8 nitrogen and oxygen atoms in total. The van der Waals surface area contributed by atoms with Gasteiger partial charge in [0.1, 0.15) is 0 Å². The van der Waals surface area contributed by atoms with Crippen molar-refractivity contribution in [1.82, 2.24) is 0 Å². The zero-order valence-electron chi connectivity index (χ0n) is 12.4. The van der Waals surface area contributed by atoms with E-state index in [2.05, 4.69) is 0 Å². The van der Waals surface area contributed by atoms with Crippen LogP contribution < -0.4 is 9.64 Å². The molecule has 0 atom stereocenters. The zero-order valence-corrected chi connectivity index (χ0v) is 12.4. The predicted octanol–water partition coefficient (Wildman–Crippen LogP) is 2.32. The van der Waals surface area contributed by atoms with E-state index in [-0.39, 0.29) is 28.3 Å². The number of esters is 1. The Morgan fingerprint density at radius 3 is 2.42 bits per heavy atom. The van der Waals surface area contributed by atoms with E-state index in [4.69, 9.17) is 4.74 Å². The first-order chi connectivity index (χ1) is 11.4. The highest BCUT2D eigenvalue weighted by Crippen LogP contribution is 2.35. The second-order valence-electron chi connectivity index (χ2n) is 4.99. The third-order valence-corrected chi connectivity index (χ3v) is 3.44. The van der Waals surface area contributed by atoms with Crippen LogP contribution in [0.2, 0.25) is 0 Å². The van der Waals surface area contributed by atoms with Gasteiger partial charge in [0.2, 0.25) is 0 Å². The number of amides is 2. The molecule has 0 saturated carbocycles. The lowest BCUT2D eigenvalue weighted by Gasteiger charge is -2.17. The Morgan fingerprint density at radius 1 is 1.08 bits per heavy atom. The highest BCUT2D eigenvalue weighted by molar-refractivity contribution is 6.35. The summed E-state index contributed by atoms with van der Waals surface area (Å²) in [5.74, 6) is -1.90. The van der Waals surface area contributed by atoms with Gasteiger partial charge in [-0.2, -0.15) is 0 Å². The number of hydrogen-bond acceptors (Lipinski definition) is 6. The number of nitrogens with zero attached hydrogens (tertiary/aromatic N) is 2. The summed E-state index contributed by atoms with van der Waals surface area (Å²) in [4.78, 5) is 47.3. The van der Waals surface area contributed by atoms with E-state index in [1.165, 1.54) is 25.1 Å². The van der Waals surface area contributed by atoms with Gasteiger partial charge in [0.15, 0.2) is 5.75 Å². The third kappa shape index (κ3) is 2.39. The van der Waals surface area contributed by atoms with Crippen LogP contribution >= 0.6 is 0 Å². The molecule has 0 aliphatic carbocycles. The van der Waals surface area contributed by atoms with Crippen LogP contribution in [0, 0.1) is 10.1 Å². The summed E-state index contributed by atoms with van der Waals surface area (Å²) in [6.45, 7) is 1.20. The molecule has 0 N–H and O–H groups in total. The molecule has 3 rings (SSSR count). The van der Waals surface area contributed by atoms with Crippen molar-refractivity contribution in [2.24, 2.45) is 0 Å². The maximum Gasteiger partial charge on any atom is 0.308 e. The molecule has 0 fully saturated rings. The van der Waals surface area contributed by atoms with Crippen molar-refractivity contribution in [3.63, 3.8) is 0 Å². The summed E-state index contributed by atoms with van der Waals surface area (Å²) < 4.78 is 5.02. The smallest absolute Gasteiger partial charge is 0.308 e. The van der Waals surface area contributed by atoms with Crippen LogP contribution in [-0.4, -0.2) is 22.7 Å². The normalized spacial score (nSPS) is 13.0. The van der Waals surface area contributed by atoms with Gasteiger partial charge >= 0.3 is 5.97 Å². The average Bonchev–Trinajstić information content (AvgIpc) is 2.78. The Morgan fingerprint density at radius 2 is 1.75 bits per heavy atom. The molecule has 0 spiro atoms. The molecule has 0 bridgehead atoms. The standard InChI is InChI=1S/C16H10N2O6/c1-9(19)24-14-5-3-2-4-13(14)17-15(20)11-7-6-10(18(22)23)8-12(11)16(17)21/h2-8H,1H3. The first kappa shape index (κ1) is 15.3. The number of fused-ring (bicyclic) bond motifs is 1. The average molecular weight is 326 g/mol. The van der Waals surface area contributed by atoms with E-state index in [0.29, 0.717) is 0 Å². The van der Waals surface area contributed by atoms with Crippen molar-refractivity contribution in [3.05, 3.63) is 63.7 Å². The Labute approximate surface area is 135 Å². The van der Waals surface area contributed by atoms with Gasteiger partial charge in [-0.25, -0.2) is 4.90 Å². The minimum atomic E-state index is -0.710. The Hall–Kier alpha value is -3.55. The third-order valence-electron chi connectivity index (χ3n) is 3.44. The number of nitro groups is 1. The first-order valence-corrected chi connectivity index (χ1v) is 6.85. The SMILES string of the molecule is CC(=O)Oc1ccccc1N1C(=O)c2ccc([N+](=O)[O-])cc2C1=O. The van der Waals surface area contributed by atoms with E-state index in [1.807, 2.05) is 0 Å². The van der Waals surface area contributed by atoms with Crippen LogP contribution in [0.3, 0.4) is 0 Å². The molecular weight excluding hydrogens is 316 g/mol. The lowest BCUT2D eigenvalue weighted by Crippen LogP contribution is -2.30. The predicted molar refractivity (Wildman–Crippen MR) is 82.0 cm³/mol. The molecule has 1 aliphatic heterocycles. The first-order valence-electron chi connectivity index (χ1n) is 6.85. The molecule has 0 aromatic heterocycles. The number of carbonyl (C=O) groups is 3. The topological polar surface area (TPSA) is 107 Å². The van der Waals surface area contributed by atoms with Gasteiger partial charge in [-0.05, 0) is 18.2 Å². The summed E-state index contributed by atoms with van der Waals surface area (Å²) in [6, 6.07) is 9.52. The highest BCUT2D eigenvalue weighted by atomic mass is 16.6. The number of non-ortho nitro benzene ring substituents is 1. The Bertz CT molecular complexity index is 905. The maximum atomic E-state index is 12.6. The molecule has 2 aromatic carbocycles. The monoisotopic (exact) mass is 326 g/mol. The number of anilines is 1. The lowest BCUT2D eigenvalue weighted by molar-refractivity contribution is -0.384. The molecule has 0 unspecified atom stereocenters. The van der Waals surface area contributed by atoms with Crippen LogP contribution in [0.1, 0.15) is 27.6 Å². The summed E-state index contributed by atoms with van der Waals surface area (Å²) in [5.41, 5.74) is -0.193. The van der Waals surface area contributed by atoms with E-state index < -0.39 is 22.7 Å². The number of benzene rings is 2. The fourth-order valence-corrected chi connectivity index (χ4v) is 2.44. The molecule has 0 saturated heterocycles. The number of hydrogen-bond donors (Lipinski definition) is 0. The van der Waals surface area contributed by atoms with Crippen LogP contribution in [-0.2, 0) is 4.79 Å². The van der Waals surface area contributed by atoms with Crippen molar-refractivity contribution in [2.75, 3.05) is 4.90 Å². The van der Waals surface area contributed by atoms with E-state index in [0.717, 1.165) is 17.0 Å². The van der Waals surface area contributed by atoms with Crippen molar-refractivity contribution in [1.29, 1.82) is 0 Å². The number of imide groups is 1. The van der Waals surface area contributed by atoms with E-state index >= 15 is 0 Å². The molecule has 2 aromatic rings. The molecule has 1 aliphatic rings. The summed E-state index contributed by atoms with van der Waals surface area (Å²) in [5, 5.41) is 10.9. The minimum absolute atomic E-state index is 0.0500. The second-order valence-corrected chi connectivity index (χ2v) is 4.99. The van der Waals surface area contributed by atoms with Crippen LogP contribution in [0.25, 0.3) is 0 Å². The summed E-state index contributed by atoms with van der Waals surface area (Å²) in [7, 11) is 0. The van der Waals surface area contributed by atoms with Gasteiger partial charge in [0, 0.05) is 19.1 Å². The lowest BCUT2D eigenvalue weighted by atomic mass is 10.1. The van der Waals surface area contributed by atoms with Crippen LogP contribution in [0.5, 0.6) is 5.75 Å². The number of rotatable bonds is 3. The minimum Gasteiger partial charge on any atom is -0.424 e. The molecule has 1 heterocycles. The van der Waals surface area contributed by atoms with E-state index in [9.17, 15) is 24.5 Å². The van der Waals surface area contributed by atoms with Gasteiger partial charge in [-0.3, -0.25) is 24.5 Å². The van der Waals surface area contributed by atoms with Gasteiger partial charge in [-0.1, -0.05) is 12.1 Å². The van der Waals surface area contributed by atoms with Gasteiger partial charge in [0.05, 0.1) is 21.7 Å². The van der Waals surface area contributed by atoms with Gasteiger partial charge in [-0.15, -0.1) is 0 Å². The summed E-state index contributed by atoms with van der Waals surface area (Å²) in [6.07, 6.45) is 0. The van der Waals surface area contributed by atoms with Crippen LogP contribution in [0.15, 0.2) is 42.5 Å². The molecule has 120 valence electrons. The number of para-hydroxylation sites is 2. The number of carbonyl (C=O) groups excluding carboxylic acids is 3. The fraction of sp³-hybridized carbons (Fsp3) is 0.0625. The highest BCUT2D eigenvalue weighted by Gasteiger charge is 2.39. The van der Waals surface area contributed by atoms with Crippen LogP contribution in [0.4, 0.5) is 11.4 Å². The maximum absolute atomic E-state index is 12.6. The van der Waals surface area contributed by atoms with Crippen molar-refractivity contribution < 1.29 is 24.0 Å². The molecule has 0 radical (unpaired) electrons. The van der Waals surface area contributed by atoms with Crippen molar-refractivity contribution in [3.8, 4) is 5.75 Å². The number of nitro benzene ring substituents is 1. The number of ether oxygens (including phenoxy) is 1. The summed E-state index contributed by atoms with van der Waals surface area (Å²) >= 11 is 0. The Balaban J connectivity index is 2.09. The second kappa shape index (κ2) is 5.58. The van der Waals surface area contributed by atoms with Crippen molar-refractivity contribution in [2.45, 2.75) is 6.92 Å². The zero-order chi connectivity index (χ0) is 17.4. The Kier molecular flexibility index (Phi) is 3.57. The molecule has 8 heteroatoms. The van der Waals surface area contributed by atoms with Crippen molar-refractivity contribution >= 4 is 29.2 Å². The van der Waals surface area contributed by atoms with Gasteiger partial charge < -0.3 is 4.74 Å². The molecular formula is C16H10N2O6. The van der Waals surface area contributed by atoms with E-state index in [1.54, 1.807) is 12.1 Å². The molecule has 24 heavy (non-hydrogen) atoms.